The second-order valence-corrected chi connectivity index (χ2v) is 9.55. The Morgan fingerprint density at radius 3 is 2.73 bits per heavy atom. The first-order valence-corrected chi connectivity index (χ1v) is 11.8. The van der Waals surface area contributed by atoms with Crippen LogP contribution in [0, 0.1) is 13.8 Å². The molecule has 0 saturated carbocycles. The number of carbonyl (C=O) groups is 1. The number of amides is 1. The molecular formula is C22H28ClN3O2S2. The van der Waals surface area contributed by atoms with Gasteiger partial charge in [-0.05, 0) is 55.0 Å². The van der Waals surface area contributed by atoms with Crippen molar-refractivity contribution in [3.8, 4) is 0 Å². The fourth-order valence-corrected chi connectivity index (χ4v) is 5.33. The number of hydrogen-bond acceptors (Lipinski definition) is 6. The zero-order chi connectivity index (χ0) is 20.2. The number of thiazole rings is 1. The van der Waals surface area contributed by atoms with Crippen molar-refractivity contribution in [3.05, 3.63) is 45.6 Å². The first-order chi connectivity index (χ1) is 14.1. The van der Waals surface area contributed by atoms with E-state index in [1.165, 1.54) is 11.1 Å². The molecule has 1 saturated heterocycles. The molecule has 1 fully saturated rings. The fraction of sp³-hybridized carbons (Fsp3) is 0.455. The third kappa shape index (κ3) is 5.59. The van der Waals surface area contributed by atoms with Crippen molar-refractivity contribution in [1.29, 1.82) is 0 Å². The Labute approximate surface area is 192 Å². The summed E-state index contributed by atoms with van der Waals surface area (Å²) >= 11 is 3.25. The van der Waals surface area contributed by atoms with Gasteiger partial charge in [0.15, 0.2) is 5.13 Å². The molecule has 1 aromatic carbocycles. The normalized spacial score (nSPS) is 14.6. The van der Waals surface area contributed by atoms with E-state index in [-0.39, 0.29) is 18.3 Å². The summed E-state index contributed by atoms with van der Waals surface area (Å²) in [6.07, 6.45) is 1.37. The first-order valence-electron chi connectivity index (χ1n) is 10.1. The quantitative estimate of drug-likeness (QED) is 0.507. The predicted molar refractivity (Wildman–Crippen MR) is 129 cm³/mol. The minimum Gasteiger partial charge on any atom is -0.379 e. The molecule has 1 aliphatic heterocycles. The van der Waals surface area contributed by atoms with Crippen LogP contribution in [0.15, 0.2) is 29.6 Å². The Kier molecular flexibility index (Phi) is 8.25. The van der Waals surface area contributed by atoms with Gasteiger partial charge < -0.3 is 4.74 Å². The number of aryl methyl sites for hydroxylation is 2. The molecule has 0 bridgehead atoms. The number of fused-ring (bicyclic) bond motifs is 1. The lowest BCUT2D eigenvalue weighted by atomic mass is 10.1. The molecule has 162 valence electrons. The van der Waals surface area contributed by atoms with Gasteiger partial charge in [-0.25, -0.2) is 4.98 Å². The summed E-state index contributed by atoms with van der Waals surface area (Å²) in [4.78, 5) is 23.4. The molecular weight excluding hydrogens is 438 g/mol. The van der Waals surface area contributed by atoms with Crippen molar-refractivity contribution in [2.24, 2.45) is 0 Å². The Morgan fingerprint density at radius 1 is 1.23 bits per heavy atom. The van der Waals surface area contributed by atoms with Crippen LogP contribution in [0.2, 0.25) is 0 Å². The summed E-state index contributed by atoms with van der Waals surface area (Å²) < 4.78 is 6.58. The molecule has 8 heteroatoms. The lowest BCUT2D eigenvalue weighted by molar-refractivity contribution is -0.118. The summed E-state index contributed by atoms with van der Waals surface area (Å²) in [5.41, 5.74) is 3.48. The second-order valence-electron chi connectivity index (χ2n) is 7.51. The van der Waals surface area contributed by atoms with Crippen molar-refractivity contribution in [3.63, 3.8) is 0 Å². The maximum absolute atomic E-state index is 13.2. The van der Waals surface area contributed by atoms with E-state index >= 15 is 0 Å². The van der Waals surface area contributed by atoms with Gasteiger partial charge in [-0.2, -0.15) is 0 Å². The third-order valence-corrected chi connectivity index (χ3v) is 7.31. The first kappa shape index (κ1) is 23.2. The molecule has 3 aromatic rings. The summed E-state index contributed by atoms with van der Waals surface area (Å²) in [7, 11) is 0. The maximum atomic E-state index is 13.2. The van der Waals surface area contributed by atoms with Gasteiger partial charge in [0, 0.05) is 31.1 Å². The number of thiophene rings is 1. The maximum Gasteiger partial charge on any atom is 0.234 e. The van der Waals surface area contributed by atoms with Gasteiger partial charge in [-0.3, -0.25) is 14.6 Å². The number of morpholine rings is 1. The smallest absolute Gasteiger partial charge is 0.234 e. The minimum absolute atomic E-state index is 0. The highest BCUT2D eigenvalue weighted by molar-refractivity contribution is 7.22. The SMILES string of the molecule is Cc1cc2nc(N(CCCN3CCOCC3)C(=O)Cc3cccs3)sc2cc1C.Cl. The van der Waals surface area contributed by atoms with Gasteiger partial charge in [0.1, 0.15) is 0 Å². The molecule has 3 heterocycles. The van der Waals surface area contributed by atoms with E-state index < -0.39 is 0 Å². The van der Waals surface area contributed by atoms with E-state index in [9.17, 15) is 4.79 Å². The van der Waals surface area contributed by atoms with Gasteiger partial charge in [-0.1, -0.05) is 17.4 Å². The van der Waals surface area contributed by atoms with Crippen LogP contribution in [-0.2, 0) is 16.0 Å². The van der Waals surface area contributed by atoms with Crippen molar-refractivity contribution >= 4 is 56.3 Å². The van der Waals surface area contributed by atoms with Crippen LogP contribution < -0.4 is 4.90 Å². The molecule has 0 aliphatic carbocycles. The summed E-state index contributed by atoms with van der Waals surface area (Å²) in [5, 5.41) is 2.84. The van der Waals surface area contributed by atoms with E-state index in [0.717, 1.165) is 59.5 Å². The molecule has 30 heavy (non-hydrogen) atoms. The van der Waals surface area contributed by atoms with Crippen LogP contribution in [-0.4, -0.2) is 55.2 Å². The largest absolute Gasteiger partial charge is 0.379 e. The van der Waals surface area contributed by atoms with Crippen molar-refractivity contribution in [2.45, 2.75) is 26.7 Å². The van der Waals surface area contributed by atoms with E-state index in [1.807, 2.05) is 22.4 Å². The van der Waals surface area contributed by atoms with E-state index in [0.29, 0.717) is 13.0 Å². The number of halogens is 1. The summed E-state index contributed by atoms with van der Waals surface area (Å²) in [6, 6.07) is 8.33. The Hall–Kier alpha value is -1.51. The molecule has 5 nitrogen and oxygen atoms in total. The average Bonchev–Trinajstić information content (AvgIpc) is 3.36. The summed E-state index contributed by atoms with van der Waals surface area (Å²) in [5.74, 6) is 0.127. The molecule has 4 rings (SSSR count). The average molecular weight is 466 g/mol. The van der Waals surface area contributed by atoms with Gasteiger partial charge >= 0.3 is 0 Å². The van der Waals surface area contributed by atoms with E-state index in [1.54, 1.807) is 22.7 Å². The number of benzene rings is 1. The van der Waals surface area contributed by atoms with Crippen molar-refractivity contribution in [1.82, 2.24) is 9.88 Å². The van der Waals surface area contributed by atoms with Crippen LogP contribution in [0.3, 0.4) is 0 Å². The van der Waals surface area contributed by atoms with Gasteiger partial charge in [0.05, 0.1) is 29.9 Å². The molecule has 0 unspecified atom stereocenters. The number of ether oxygens (including phenoxy) is 1. The van der Waals surface area contributed by atoms with Crippen LogP contribution in [0.4, 0.5) is 5.13 Å². The van der Waals surface area contributed by atoms with E-state index in [2.05, 4.69) is 30.9 Å². The number of rotatable bonds is 7. The molecule has 1 amide bonds. The molecule has 2 aromatic heterocycles. The van der Waals surface area contributed by atoms with Crippen LogP contribution in [0.5, 0.6) is 0 Å². The van der Waals surface area contributed by atoms with Crippen molar-refractivity contribution < 1.29 is 9.53 Å². The van der Waals surface area contributed by atoms with Crippen LogP contribution >= 0.6 is 35.1 Å². The lowest BCUT2D eigenvalue weighted by Crippen LogP contribution is -2.39. The van der Waals surface area contributed by atoms with E-state index in [4.69, 9.17) is 9.72 Å². The monoisotopic (exact) mass is 465 g/mol. The van der Waals surface area contributed by atoms with Gasteiger partial charge in [-0.15, -0.1) is 23.7 Å². The standard InChI is InChI=1S/C22H27N3O2S2.ClH/c1-16-13-19-20(14-17(16)2)29-22(23-19)25(21(26)15-18-5-3-12-28-18)7-4-6-24-8-10-27-11-9-24;/h3,5,12-14H,4,6-11,15H2,1-2H3;1H. The Morgan fingerprint density at radius 2 is 2.00 bits per heavy atom. The molecule has 1 aliphatic rings. The zero-order valence-corrected chi connectivity index (χ0v) is 19.9. The zero-order valence-electron chi connectivity index (χ0n) is 17.4. The summed E-state index contributed by atoms with van der Waals surface area (Å²) in [6.45, 7) is 9.46. The number of carbonyl (C=O) groups excluding carboxylic acids is 1. The van der Waals surface area contributed by atoms with Crippen LogP contribution in [0.25, 0.3) is 10.2 Å². The minimum atomic E-state index is 0. The highest BCUT2D eigenvalue weighted by Gasteiger charge is 2.21. The third-order valence-electron chi connectivity index (χ3n) is 5.39. The molecule has 0 atom stereocenters. The Balaban J connectivity index is 0.00000256. The molecule has 0 N–H and O–H groups in total. The number of anilines is 1. The molecule has 0 radical (unpaired) electrons. The topological polar surface area (TPSA) is 45.7 Å². The number of aromatic nitrogens is 1. The Bertz CT molecular complexity index is 929. The fourth-order valence-electron chi connectivity index (χ4n) is 3.55. The van der Waals surface area contributed by atoms with Crippen molar-refractivity contribution in [2.75, 3.05) is 44.3 Å². The number of nitrogens with zero attached hydrogens (tertiary/aromatic N) is 3. The van der Waals surface area contributed by atoms with Gasteiger partial charge in [0.25, 0.3) is 0 Å². The van der Waals surface area contributed by atoms with Gasteiger partial charge in [0.2, 0.25) is 5.91 Å². The predicted octanol–water partition coefficient (Wildman–Crippen LogP) is 4.69. The highest BCUT2D eigenvalue weighted by Crippen LogP contribution is 2.31. The molecule has 0 spiro atoms. The second kappa shape index (κ2) is 10.7. The number of hydrogen-bond donors (Lipinski definition) is 0. The lowest BCUT2D eigenvalue weighted by Gasteiger charge is -2.27. The van der Waals surface area contributed by atoms with Crippen LogP contribution in [0.1, 0.15) is 22.4 Å². The highest BCUT2D eigenvalue weighted by atomic mass is 35.5.